The molecule has 1 heterocycles. The van der Waals surface area contributed by atoms with E-state index in [1.165, 1.54) is 12.8 Å². The predicted molar refractivity (Wildman–Crippen MR) is 80.3 cm³/mol. The maximum absolute atomic E-state index is 11.1. The average Bonchev–Trinajstić information content (AvgIpc) is 3.14. The van der Waals surface area contributed by atoms with Crippen molar-refractivity contribution < 1.29 is 4.79 Å². The minimum absolute atomic E-state index is 0.498. The number of nitrogens with zero attached hydrogens (tertiary/aromatic N) is 2. The van der Waals surface area contributed by atoms with Gasteiger partial charge in [-0.15, -0.1) is 0 Å². The average molecular weight is 284 g/mol. The molecule has 0 radical (unpaired) electrons. The van der Waals surface area contributed by atoms with Crippen LogP contribution in [0.4, 0.5) is 5.13 Å². The van der Waals surface area contributed by atoms with Gasteiger partial charge in [0.25, 0.3) is 0 Å². The van der Waals surface area contributed by atoms with E-state index < -0.39 is 0 Å². The maximum Gasteiger partial charge on any atom is 0.186 e. The summed E-state index contributed by atoms with van der Waals surface area (Å²) in [4.78, 5) is 18.9. The fourth-order valence-electron chi connectivity index (χ4n) is 2.07. The fraction of sp³-hybridized carbons (Fsp3) is 0.692. The summed E-state index contributed by atoms with van der Waals surface area (Å²) in [6, 6.07) is 0.498. The third-order valence-electron chi connectivity index (χ3n) is 3.42. The minimum atomic E-state index is 0.498. The molecule has 1 atom stereocenters. The smallest absolute Gasteiger partial charge is 0.186 e. The van der Waals surface area contributed by atoms with Crippen LogP contribution in [0.2, 0.25) is 0 Å². The van der Waals surface area contributed by atoms with Crippen LogP contribution >= 0.6 is 23.1 Å². The molecule has 1 fully saturated rings. The van der Waals surface area contributed by atoms with Crippen molar-refractivity contribution in [1.82, 2.24) is 4.98 Å². The highest BCUT2D eigenvalue weighted by Gasteiger charge is 2.30. The number of rotatable bonds is 7. The Morgan fingerprint density at radius 3 is 2.83 bits per heavy atom. The van der Waals surface area contributed by atoms with Crippen molar-refractivity contribution in [3.63, 3.8) is 0 Å². The molecule has 0 aliphatic heterocycles. The van der Waals surface area contributed by atoms with Crippen LogP contribution in [0.3, 0.4) is 0 Å². The van der Waals surface area contributed by atoms with Gasteiger partial charge in [-0.25, -0.2) is 4.98 Å². The molecule has 1 aromatic rings. The monoisotopic (exact) mass is 284 g/mol. The summed E-state index contributed by atoms with van der Waals surface area (Å²) in [7, 11) is 2.09. The van der Waals surface area contributed by atoms with Gasteiger partial charge in [0.05, 0.1) is 10.6 Å². The zero-order valence-corrected chi connectivity index (χ0v) is 12.8. The number of carbonyl (C=O) groups is 1. The number of thiazole rings is 1. The largest absolute Gasteiger partial charge is 0.347 e. The Hall–Kier alpha value is -0.550. The Bertz CT molecular complexity index is 415. The van der Waals surface area contributed by atoms with Gasteiger partial charge >= 0.3 is 0 Å². The van der Waals surface area contributed by atoms with Crippen molar-refractivity contribution in [2.45, 2.75) is 38.1 Å². The van der Waals surface area contributed by atoms with E-state index in [0.29, 0.717) is 12.0 Å². The lowest BCUT2D eigenvalue weighted by molar-refractivity contribution is 0.112. The van der Waals surface area contributed by atoms with E-state index in [4.69, 9.17) is 4.98 Å². The molecule has 0 N–H and O–H groups in total. The normalized spacial score (nSPS) is 16.6. The quantitative estimate of drug-likeness (QED) is 0.718. The summed E-state index contributed by atoms with van der Waals surface area (Å²) in [6.07, 6.45) is 6.58. The summed E-state index contributed by atoms with van der Waals surface area (Å²) >= 11 is 3.40. The Kier molecular flexibility index (Phi) is 4.67. The number of hydrogen-bond acceptors (Lipinski definition) is 5. The second-order valence-electron chi connectivity index (χ2n) is 4.77. The third-order valence-corrected chi connectivity index (χ3v) is 5.23. The second-order valence-corrected chi connectivity index (χ2v) is 6.69. The molecule has 1 unspecified atom stereocenters. The highest BCUT2D eigenvalue weighted by atomic mass is 32.2. The zero-order valence-electron chi connectivity index (χ0n) is 11.2. The van der Waals surface area contributed by atoms with Gasteiger partial charge < -0.3 is 4.90 Å². The van der Waals surface area contributed by atoms with Gasteiger partial charge in [-0.2, -0.15) is 11.8 Å². The molecule has 2 rings (SSSR count). The van der Waals surface area contributed by atoms with Gasteiger partial charge in [-0.05, 0) is 25.5 Å². The number of aromatic nitrogens is 1. The minimum Gasteiger partial charge on any atom is -0.347 e. The number of carbonyl (C=O) groups excluding carboxylic acids is 1. The Morgan fingerprint density at radius 2 is 2.33 bits per heavy atom. The first-order chi connectivity index (χ1) is 8.71. The molecule has 3 nitrogen and oxygen atoms in total. The fourth-order valence-corrected chi connectivity index (χ4v) is 3.91. The van der Waals surface area contributed by atoms with Crippen LogP contribution in [0, 0.1) is 0 Å². The van der Waals surface area contributed by atoms with E-state index in [1.54, 1.807) is 11.3 Å². The zero-order chi connectivity index (χ0) is 13.1. The van der Waals surface area contributed by atoms with E-state index in [1.807, 2.05) is 11.8 Å². The van der Waals surface area contributed by atoms with Crippen molar-refractivity contribution in [2.24, 2.45) is 0 Å². The molecule has 0 saturated heterocycles. The lowest BCUT2D eigenvalue weighted by Gasteiger charge is -2.26. The predicted octanol–water partition coefficient (Wildman–Crippen LogP) is 3.41. The number of hydrogen-bond donors (Lipinski definition) is 0. The van der Waals surface area contributed by atoms with E-state index in [0.717, 1.165) is 34.2 Å². The second kappa shape index (κ2) is 6.06. The Balaban J connectivity index is 2.18. The first-order valence-corrected chi connectivity index (χ1v) is 8.59. The SMILES string of the molecule is CCC(CSC)N(C)c1nc(C2CC2)c(C=O)s1. The van der Waals surface area contributed by atoms with E-state index in [-0.39, 0.29) is 0 Å². The van der Waals surface area contributed by atoms with Gasteiger partial charge in [-0.3, -0.25) is 4.79 Å². The molecule has 100 valence electrons. The maximum atomic E-state index is 11.1. The summed E-state index contributed by atoms with van der Waals surface area (Å²) in [6.45, 7) is 2.20. The molecule has 0 spiro atoms. The van der Waals surface area contributed by atoms with Crippen molar-refractivity contribution in [2.75, 3.05) is 24.0 Å². The summed E-state index contributed by atoms with van der Waals surface area (Å²) in [5.74, 6) is 1.64. The third kappa shape index (κ3) is 2.88. The highest BCUT2D eigenvalue weighted by molar-refractivity contribution is 7.98. The topological polar surface area (TPSA) is 33.2 Å². The van der Waals surface area contributed by atoms with E-state index >= 15 is 0 Å². The highest BCUT2D eigenvalue weighted by Crippen LogP contribution is 2.43. The number of thioether (sulfide) groups is 1. The molecule has 0 aromatic carbocycles. The number of anilines is 1. The van der Waals surface area contributed by atoms with E-state index in [9.17, 15) is 4.79 Å². The molecule has 18 heavy (non-hydrogen) atoms. The van der Waals surface area contributed by atoms with Gasteiger partial charge in [0.2, 0.25) is 0 Å². The van der Waals surface area contributed by atoms with Crippen LogP contribution in [-0.4, -0.2) is 36.4 Å². The van der Waals surface area contributed by atoms with Gasteiger partial charge in [0.1, 0.15) is 0 Å². The number of aldehydes is 1. The molecule has 0 bridgehead atoms. The van der Waals surface area contributed by atoms with Gasteiger partial charge in [-0.1, -0.05) is 18.3 Å². The lowest BCUT2D eigenvalue weighted by atomic mass is 10.2. The molecule has 1 aliphatic carbocycles. The van der Waals surface area contributed by atoms with Crippen LogP contribution in [0.1, 0.15) is 47.5 Å². The standard InChI is InChI=1S/C13H20N2OS2/c1-4-10(8-17-3)15(2)13-14-12(9-5-6-9)11(7-16)18-13/h7,9-10H,4-6,8H2,1-3H3. The van der Waals surface area contributed by atoms with E-state index in [2.05, 4.69) is 25.1 Å². The summed E-state index contributed by atoms with van der Waals surface area (Å²) in [5.41, 5.74) is 1.04. The van der Waals surface area contributed by atoms with Crippen molar-refractivity contribution >= 4 is 34.5 Å². The van der Waals surface area contributed by atoms with Crippen LogP contribution in [0.25, 0.3) is 0 Å². The van der Waals surface area contributed by atoms with Crippen molar-refractivity contribution in [3.05, 3.63) is 10.6 Å². The Labute approximate surface area is 117 Å². The van der Waals surface area contributed by atoms with Crippen LogP contribution in [0.5, 0.6) is 0 Å². The van der Waals surface area contributed by atoms with Gasteiger partial charge in [0.15, 0.2) is 11.4 Å². The summed E-state index contributed by atoms with van der Waals surface area (Å²) in [5, 5.41) is 1.000. The first kappa shape index (κ1) is 13.9. The van der Waals surface area contributed by atoms with Crippen LogP contribution in [0.15, 0.2) is 0 Å². The molecule has 5 heteroatoms. The van der Waals surface area contributed by atoms with Crippen LogP contribution < -0.4 is 4.90 Å². The molecule has 1 aromatic heterocycles. The summed E-state index contributed by atoms with van der Waals surface area (Å²) < 4.78 is 0. The molecule has 0 amide bonds. The van der Waals surface area contributed by atoms with Crippen molar-refractivity contribution in [3.8, 4) is 0 Å². The Morgan fingerprint density at radius 1 is 1.61 bits per heavy atom. The molecular formula is C13H20N2OS2. The lowest BCUT2D eigenvalue weighted by Crippen LogP contribution is -2.33. The molecule has 1 aliphatic rings. The first-order valence-electron chi connectivity index (χ1n) is 6.38. The van der Waals surface area contributed by atoms with Gasteiger partial charge in [0, 0.05) is 24.8 Å². The molecular weight excluding hydrogens is 264 g/mol. The van der Waals surface area contributed by atoms with Crippen molar-refractivity contribution in [1.29, 1.82) is 0 Å². The molecule has 1 saturated carbocycles. The van der Waals surface area contributed by atoms with Crippen LogP contribution in [-0.2, 0) is 0 Å².